The van der Waals surface area contributed by atoms with Gasteiger partial charge in [-0.25, -0.2) is 19.6 Å². The minimum Gasteiger partial charge on any atom is -0.488 e. The number of rotatable bonds is 8. The number of amides is 3. The topological polar surface area (TPSA) is 175 Å². The van der Waals surface area contributed by atoms with Crippen LogP contribution >= 0.6 is 0 Å². The van der Waals surface area contributed by atoms with Crippen LogP contribution < -0.4 is 10.1 Å². The summed E-state index contributed by atoms with van der Waals surface area (Å²) in [7, 11) is 2.92. The third-order valence-electron chi connectivity index (χ3n) is 11.3. The molecule has 0 saturated carbocycles. The third kappa shape index (κ3) is 6.17. The number of methoxy groups -OCH3 is 2. The quantitative estimate of drug-likeness (QED) is 0.134. The minimum atomic E-state index is -0.963. The zero-order chi connectivity index (χ0) is 37.8. The number of aromatic amines is 2. The zero-order valence-electron chi connectivity index (χ0n) is 31.0. The predicted octanol–water partition coefficient (Wildman–Crippen LogP) is 6.79. The number of benzene rings is 3. The van der Waals surface area contributed by atoms with Gasteiger partial charge in [-0.05, 0) is 78.4 Å². The van der Waals surface area contributed by atoms with E-state index >= 15 is 0 Å². The van der Waals surface area contributed by atoms with Crippen LogP contribution in [-0.2, 0) is 20.9 Å². The largest absolute Gasteiger partial charge is 0.488 e. The zero-order valence-corrected chi connectivity index (χ0v) is 31.0. The van der Waals surface area contributed by atoms with Crippen LogP contribution in [0.1, 0.15) is 69.3 Å². The fraction of sp³-hybridized carbons (Fsp3) is 0.425. The molecule has 2 fully saturated rings. The molecule has 3 aliphatic heterocycles. The Morgan fingerprint density at radius 3 is 2.63 bits per heavy atom. The minimum absolute atomic E-state index is 0.0204. The van der Waals surface area contributed by atoms with Crippen LogP contribution in [0.3, 0.4) is 0 Å². The summed E-state index contributed by atoms with van der Waals surface area (Å²) >= 11 is 0. The van der Waals surface area contributed by atoms with Gasteiger partial charge in [-0.1, -0.05) is 32.0 Å². The van der Waals surface area contributed by atoms with Crippen LogP contribution in [0, 0.1) is 11.8 Å². The summed E-state index contributed by atoms with van der Waals surface area (Å²) in [5.74, 6) is 1.95. The molecule has 2 aromatic heterocycles. The maximum atomic E-state index is 13.9. The van der Waals surface area contributed by atoms with Gasteiger partial charge in [0, 0.05) is 36.6 Å². The van der Waals surface area contributed by atoms with E-state index in [4.69, 9.17) is 19.2 Å². The number of alkyl carbamates (subject to hydrolysis) is 1. The predicted molar refractivity (Wildman–Crippen MR) is 201 cm³/mol. The van der Waals surface area contributed by atoms with Gasteiger partial charge in [0.05, 0.1) is 48.7 Å². The van der Waals surface area contributed by atoms with Crippen molar-refractivity contribution in [2.24, 2.45) is 11.8 Å². The number of carboxylic acid groups (broad SMARTS) is 1. The monoisotopic (exact) mass is 735 g/mol. The number of imidazole rings is 2. The number of fused-ring (bicyclic) bond motifs is 6. The van der Waals surface area contributed by atoms with Gasteiger partial charge in [-0.3, -0.25) is 9.69 Å². The average molecular weight is 736 g/mol. The lowest BCUT2D eigenvalue weighted by molar-refractivity contribution is -0.137. The van der Waals surface area contributed by atoms with Crippen molar-refractivity contribution >= 4 is 39.9 Å². The van der Waals surface area contributed by atoms with Crippen LogP contribution in [0.4, 0.5) is 9.59 Å². The molecule has 4 N–H and O–H groups in total. The van der Waals surface area contributed by atoms with E-state index < -0.39 is 18.2 Å². The molecule has 5 aromatic rings. The molecule has 282 valence electrons. The lowest BCUT2D eigenvalue weighted by Crippen LogP contribution is -2.52. The van der Waals surface area contributed by atoms with Crippen LogP contribution in [0.2, 0.25) is 0 Å². The van der Waals surface area contributed by atoms with E-state index in [1.54, 1.807) is 13.3 Å². The molecule has 0 spiro atoms. The molecule has 3 aromatic carbocycles. The first-order chi connectivity index (χ1) is 26.0. The molecule has 14 heteroatoms. The second-order valence-electron chi connectivity index (χ2n) is 15.0. The molecule has 0 radical (unpaired) electrons. The van der Waals surface area contributed by atoms with E-state index in [1.807, 2.05) is 31.7 Å². The van der Waals surface area contributed by atoms with E-state index in [9.17, 15) is 19.5 Å². The summed E-state index contributed by atoms with van der Waals surface area (Å²) in [4.78, 5) is 57.9. The van der Waals surface area contributed by atoms with Crippen molar-refractivity contribution < 1.29 is 33.7 Å². The van der Waals surface area contributed by atoms with Gasteiger partial charge >= 0.3 is 12.2 Å². The fourth-order valence-electron chi connectivity index (χ4n) is 8.52. The van der Waals surface area contributed by atoms with Crippen LogP contribution in [0.25, 0.3) is 44.2 Å². The molecular weight excluding hydrogens is 690 g/mol. The molecule has 2 unspecified atom stereocenters. The van der Waals surface area contributed by atoms with Gasteiger partial charge in [-0.15, -0.1) is 0 Å². The number of carbonyl (C=O) groups is 3. The lowest BCUT2D eigenvalue weighted by atomic mass is 9.92. The smallest absolute Gasteiger partial charge is 0.407 e. The normalized spacial score (nSPS) is 21.3. The molecule has 8 rings (SSSR count). The first-order valence-electron chi connectivity index (χ1n) is 18.5. The van der Waals surface area contributed by atoms with Crippen molar-refractivity contribution in [1.29, 1.82) is 0 Å². The standard InChI is InChI=1S/C40H45N7O7/c1-20(2)34(45-39(49)53-5)38(48)47-21(3)6-11-31(47)37-42-29-10-8-23-14-28-26-9-7-24(13-25(26)19-54-33(28)15-27(23)35(29)44-37)30-16-41-36(43-30)32-12-22(18-52-4)17-46(32)40(50)51/h7-10,13-16,20-22,31-32,34H,6,11-12,17-19H2,1-5H3,(H,41,43)(H,42,44)(H,45,49)(H,50,51)/t21?,22-,31?,32-,34-/m0/s1. The first-order valence-corrected chi connectivity index (χ1v) is 18.5. The Morgan fingerprint density at radius 1 is 1.04 bits per heavy atom. The number of carbonyl (C=O) groups excluding carboxylic acids is 2. The number of nitrogens with one attached hydrogen (secondary N) is 3. The summed E-state index contributed by atoms with van der Waals surface area (Å²) in [6, 6.07) is 13.2. The Bertz CT molecular complexity index is 2260. The van der Waals surface area contributed by atoms with Crippen molar-refractivity contribution in [2.75, 3.05) is 27.4 Å². The van der Waals surface area contributed by atoms with Crippen molar-refractivity contribution in [3.63, 3.8) is 0 Å². The SMILES string of the molecule is COC[C@H]1C[C@@H](c2ncc(-c3ccc4c(c3)COc3cc5c(ccc6[nH]c(C7CCC(C)N7C(=O)[C@@H](NC(=O)OC)C(C)C)nc65)cc3-4)[nH]2)N(C(=O)O)C1. The van der Waals surface area contributed by atoms with Crippen molar-refractivity contribution in [1.82, 2.24) is 35.1 Å². The highest BCUT2D eigenvalue weighted by molar-refractivity contribution is 6.07. The van der Waals surface area contributed by atoms with E-state index in [1.165, 1.54) is 12.0 Å². The number of aromatic nitrogens is 4. The molecule has 54 heavy (non-hydrogen) atoms. The summed E-state index contributed by atoms with van der Waals surface area (Å²) in [6.07, 6.45) is 2.39. The first kappa shape index (κ1) is 35.4. The number of ether oxygens (including phenoxy) is 3. The fourth-order valence-corrected chi connectivity index (χ4v) is 8.52. The van der Waals surface area contributed by atoms with E-state index in [2.05, 4.69) is 56.7 Å². The summed E-state index contributed by atoms with van der Waals surface area (Å²) < 4.78 is 16.5. The van der Waals surface area contributed by atoms with Crippen LogP contribution in [-0.4, -0.2) is 92.4 Å². The molecular formula is C40H45N7O7. The number of H-pyrrole nitrogens is 2. The summed E-state index contributed by atoms with van der Waals surface area (Å²) in [6.45, 7) is 7.14. The lowest BCUT2D eigenvalue weighted by Gasteiger charge is -2.32. The van der Waals surface area contributed by atoms with Gasteiger partial charge in [0.2, 0.25) is 5.91 Å². The van der Waals surface area contributed by atoms with E-state index in [-0.39, 0.29) is 35.9 Å². The Morgan fingerprint density at radius 2 is 1.87 bits per heavy atom. The van der Waals surface area contributed by atoms with Gasteiger partial charge in [0.15, 0.2) is 0 Å². The van der Waals surface area contributed by atoms with Crippen LogP contribution in [0.5, 0.6) is 5.75 Å². The molecule has 14 nitrogen and oxygen atoms in total. The average Bonchev–Trinajstić information content (AvgIpc) is 3.98. The van der Waals surface area contributed by atoms with Gasteiger partial charge < -0.3 is 39.5 Å². The van der Waals surface area contributed by atoms with Gasteiger partial charge in [0.25, 0.3) is 0 Å². The summed E-state index contributed by atoms with van der Waals surface area (Å²) in [5.41, 5.74) is 6.53. The molecule has 0 bridgehead atoms. The molecule has 2 saturated heterocycles. The van der Waals surface area contributed by atoms with E-state index in [0.29, 0.717) is 37.8 Å². The van der Waals surface area contributed by atoms with E-state index in [0.717, 1.165) is 68.3 Å². The van der Waals surface area contributed by atoms with Crippen molar-refractivity contribution in [2.45, 2.75) is 70.8 Å². The Balaban J connectivity index is 1.07. The second-order valence-corrected chi connectivity index (χ2v) is 15.0. The molecule has 0 aliphatic carbocycles. The molecule has 5 atom stereocenters. The maximum Gasteiger partial charge on any atom is 0.407 e. The third-order valence-corrected chi connectivity index (χ3v) is 11.3. The second kappa shape index (κ2) is 14.0. The van der Waals surface area contributed by atoms with Crippen molar-refractivity contribution in [3.8, 4) is 28.1 Å². The number of hydrogen-bond donors (Lipinski definition) is 4. The Hall–Kier alpha value is -5.63. The maximum absolute atomic E-state index is 13.9. The van der Waals surface area contributed by atoms with Gasteiger partial charge in [-0.2, -0.15) is 0 Å². The molecule has 5 heterocycles. The molecule has 3 aliphatic rings. The number of hydrogen-bond acceptors (Lipinski definition) is 8. The summed E-state index contributed by atoms with van der Waals surface area (Å²) in [5, 5.41) is 14.5. The van der Waals surface area contributed by atoms with Gasteiger partial charge in [0.1, 0.15) is 30.0 Å². The van der Waals surface area contributed by atoms with Crippen LogP contribution in [0.15, 0.2) is 48.7 Å². The highest BCUT2D eigenvalue weighted by Crippen LogP contribution is 2.44. The van der Waals surface area contributed by atoms with Crippen molar-refractivity contribution in [3.05, 3.63) is 65.9 Å². The highest BCUT2D eigenvalue weighted by atomic mass is 16.5. The molecule has 3 amide bonds. The Labute approximate surface area is 312 Å². The number of nitrogens with zero attached hydrogens (tertiary/aromatic N) is 4. The highest BCUT2D eigenvalue weighted by Gasteiger charge is 2.42. The Kier molecular flexibility index (Phi) is 9.16. The number of likely N-dealkylation sites (tertiary alicyclic amines) is 2.